The number of hydrogen-bond donors (Lipinski definition) is 1. The summed E-state index contributed by atoms with van der Waals surface area (Å²) < 4.78 is 0. The highest BCUT2D eigenvalue weighted by atomic mass is 32.2. The lowest BCUT2D eigenvalue weighted by Gasteiger charge is -2.29. The van der Waals surface area contributed by atoms with Crippen LogP contribution in [0.3, 0.4) is 0 Å². The number of amides is 3. The van der Waals surface area contributed by atoms with Gasteiger partial charge in [-0.1, -0.05) is 24.3 Å². The minimum atomic E-state index is -0.183. The van der Waals surface area contributed by atoms with E-state index in [1.807, 2.05) is 53.4 Å². The number of anilines is 2. The van der Waals surface area contributed by atoms with Crippen molar-refractivity contribution in [2.24, 2.45) is 0 Å². The van der Waals surface area contributed by atoms with Crippen LogP contribution in [0.4, 0.5) is 11.4 Å². The maximum Gasteiger partial charge on any atom is 0.227 e. The number of hydrogen-bond acceptors (Lipinski definition) is 4. The van der Waals surface area contributed by atoms with Crippen molar-refractivity contribution >= 4 is 40.9 Å². The van der Waals surface area contributed by atoms with Gasteiger partial charge in [-0.3, -0.25) is 14.4 Å². The van der Waals surface area contributed by atoms with Crippen LogP contribution in [0.5, 0.6) is 0 Å². The van der Waals surface area contributed by atoms with E-state index in [-0.39, 0.29) is 30.6 Å². The van der Waals surface area contributed by atoms with Crippen molar-refractivity contribution < 1.29 is 14.4 Å². The number of fused-ring (bicyclic) bond motifs is 1. The molecule has 7 heteroatoms. The van der Waals surface area contributed by atoms with Crippen LogP contribution in [-0.4, -0.2) is 41.5 Å². The summed E-state index contributed by atoms with van der Waals surface area (Å²) in [5, 5.41) is 2.88. The second-order valence-electron chi connectivity index (χ2n) is 7.53. The third-order valence-corrected chi connectivity index (χ3v) is 6.39. The molecule has 0 spiro atoms. The quantitative estimate of drug-likeness (QED) is 0.770. The van der Waals surface area contributed by atoms with Gasteiger partial charge in [-0.05, 0) is 36.2 Å². The van der Waals surface area contributed by atoms with E-state index in [4.69, 9.17) is 0 Å². The molecule has 0 aromatic heterocycles. The van der Waals surface area contributed by atoms with E-state index in [1.165, 1.54) is 0 Å². The van der Waals surface area contributed by atoms with E-state index in [0.29, 0.717) is 25.2 Å². The number of nitrogens with one attached hydrogen (secondary N) is 1. The van der Waals surface area contributed by atoms with Gasteiger partial charge in [-0.15, -0.1) is 11.8 Å². The molecular formula is C23H25N3O3S. The molecule has 0 unspecified atom stereocenters. The van der Waals surface area contributed by atoms with Crippen LogP contribution in [0.25, 0.3) is 0 Å². The van der Waals surface area contributed by atoms with Gasteiger partial charge in [0.05, 0.1) is 5.69 Å². The fourth-order valence-corrected chi connectivity index (χ4v) is 4.84. The lowest BCUT2D eigenvalue weighted by Crippen LogP contribution is -2.35. The molecule has 4 rings (SSSR count). The van der Waals surface area contributed by atoms with Gasteiger partial charge in [-0.2, -0.15) is 0 Å². The largest absolute Gasteiger partial charge is 0.338 e. The van der Waals surface area contributed by atoms with Gasteiger partial charge in [-0.25, -0.2) is 0 Å². The van der Waals surface area contributed by atoms with Crippen LogP contribution in [0.1, 0.15) is 31.2 Å². The highest BCUT2D eigenvalue weighted by Crippen LogP contribution is 2.34. The average molecular weight is 424 g/mol. The second kappa shape index (κ2) is 9.34. The predicted molar refractivity (Wildman–Crippen MR) is 118 cm³/mol. The third kappa shape index (κ3) is 4.84. The second-order valence-corrected chi connectivity index (χ2v) is 8.67. The van der Waals surface area contributed by atoms with E-state index in [0.717, 1.165) is 34.9 Å². The molecule has 2 aromatic carbocycles. The molecule has 3 amide bonds. The Kier molecular flexibility index (Phi) is 6.38. The van der Waals surface area contributed by atoms with Crippen LogP contribution in [0, 0.1) is 0 Å². The molecule has 0 aliphatic carbocycles. The Hall–Kier alpha value is -2.80. The van der Waals surface area contributed by atoms with Crippen molar-refractivity contribution in [1.82, 2.24) is 4.90 Å². The molecule has 2 aromatic rings. The van der Waals surface area contributed by atoms with Crippen LogP contribution < -0.4 is 10.2 Å². The summed E-state index contributed by atoms with van der Waals surface area (Å²) in [6.07, 6.45) is 1.83. The molecular weight excluding hydrogens is 398 g/mol. The SMILES string of the molecule is O=C(CCC(=O)N1CCSc2ccccc21)Nc1cccc(CN2CCCC2=O)c1. The van der Waals surface area contributed by atoms with Gasteiger partial charge in [0.15, 0.2) is 0 Å². The molecule has 2 heterocycles. The molecule has 2 aliphatic rings. The number of likely N-dealkylation sites (tertiary alicyclic amines) is 1. The summed E-state index contributed by atoms with van der Waals surface area (Å²) in [6, 6.07) is 15.4. The maximum absolute atomic E-state index is 12.7. The van der Waals surface area contributed by atoms with E-state index in [9.17, 15) is 14.4 Å². The molecule has 1 saturated heterocycles. The zero-order chi connectivity index (χ0) is 20.9. The first-order valence-corrected chi connectivity index (χ1v) is 11.3. The zero-order valence-electron chi connectivity index (χ0n) is 16.8. The smallest absolute Gasteiger partial charge is 0.227 e. The number of thioether (sulfide) groups is 1. The Labute approximate surface area is 180 Å². The molecule has 0 radical (unpaired) electrons. The number of para-hydroxylation sites is 1. The van der Waals surface area contributed by atoms with Crippen molar-refractivity contribution in [3.8, 4) is 0 Å². The number of benzene rings is 2. The summed E-state index contributed by atoms with van der Waals surface area (Å²) in [6.45, 7) is 2.02. The molecule has 0 atom stereocenters. The molecule has 1 N–H and O–H groups in total. The van der Waals surface area contributed by atoms with Crippen molar-refractivity contribution in [2.45, 2.75) is 37.1 Å². The monoisotopic (exact) mass is 423 g/mol. The molecule has 6 nitrogen and oxygen atoms in total. The lowest BCUT2D eigenvalue weighted by atomic mass is 10.1. The Morgan fingerprint density at radius 3 is 2.73 bits per heavy atom. The first-order valence-electron chi connectivity index (χ1n) is 10.3. The highest BCUT2D eigenvalue weighted by molar-refractivity contribution is 7.99. The first kappa shape index (κ1) is 20.5. The third-order valence-electron chi connectivity index (χ3n) is 5.35. The fraction of sp³-hybridized carbons (Fsp3) is 0.348. The normalized spacial score (nSPS) is 15.8. The Bertz CT molecular complexity index is 962. The Morgan fingerprint density at radius 2 is 1.90 bits per heavy atom. The number of rotatable bonds is 6. The number of nitrogens with zero attached hydrogens (tertiary/aromatic N) is 2. The van der Waals surface area contributed by atoms with Crippen LogP contribution in [-0.2, 0) is 20.9 Å². The number of carbonyl (C=O) groups is 3. The summed E-state index contributed by atoms with van der Waals surface area (Å²) >= 11 is 1.75. The van der Waals surface area contributed by atoms with Crippen LogP contribution in [0.15, 0.2) is 53.4 Å². The van der Waals surface area contributed by atoms with Crippen LogP contribution >= 0.6 is 11.8 Å². The molecule has 2 aliphatic heterocycles. The van der Waals surface area contributed by atoms with Gasteiger partial charge in [0.25, 0.3) is 0 Å². The molecule has 156 valence electrons. The minimum absolute atomic E-state index is 0.0285. The van der Waals surface area contributed by atoms with Crippen LogP contribution in [0.2, 0.25) is 0 Å². The number of carbonyl (C=O) groups excluding carboxylic acids is 3. The summed E-state index contributed by atoms with van der Waals surface area (Å²) in [4.78, 5) is 41.6. The van der Waals surface area contributed by atoms with Crippen molar-refractivity contribution in [2.75, 3.05) is 29.1 Å². The highest BCUT2D eigenvalue weighted by Gasteiger charge is 2.23. The van der Waals surface area contributed by atoms with Gasteiger partial charge in [0.1, 0.15) is 0 Å². The maximum atomic E-state index is 12.7. The summed E-state index contributed by atoms with van der Waals surface area (Å²) in [5.74, 6) is 0.832. The van der Waals surface area contributed by atoms with E-state index < -0.39 is 0 Å². The van der Waals surface area contributed by atoms with Crippen molar-refractivity contribution in [3.05, 3.63) is 54.1 Å². The average Bonchev–Trinajstić information content (AvgIpc) is 3.16. The summed E-state index contributed by atoms with van der Waals surface area (Å²) in [7, 11) is 0. The van der Waals surface area contributed by atoms with E-state index >= 15 is 0 Å². The molecule has 1 fully saturated rings. The standard InChI is InChI=1S/C23H25N3O3S/c27-21(10-11-23(29)26-13-14-30-20-8-2-1-7-19(20)26)24-18-6-3-5-17(15-18)16-25-12-4-9-22(25)28/h1-3,5-8,15H,4,9-14,16H2,(H,24,27). The Balaban J connectivity index is 1.30. The molecule has 0 bridgehead atoms. The topological polar surface area (TPSA) is 69.7 Å². The van der Waals surface area contributed by atoms with Gasteiger partial charge in [0.2, 0.25) is 17.7 Å². The zero-order valence-corrected chi connectivity index (χ0v) is 17.6. The molecule has 0 saturated carbocycles. The summed E-state index contributed by atoms with van der Waals surface area (Å²) in [5.41, 5.74) is 2.61. The van der Waals surface area contributed by atoms with Crippen molar-refractivity contribution in [1.29, 1.82) is 0 Å². The van der Waals surface area contributed by atoms with E-state index in [1.54, 1.807) is 16.7 Å². The Morgan fingerprint density at radius 1 is 1.03 bits per heavy atom. The van der Waals surface area contributed by atoms with Gasteiger partial charge in [0, 0.05) is 55.2 Å². The van der Waals surface area contributed by atoms with Gasteiger partial charge >= 0.3 is 0 Å². The minimum Gasteiger partial charge on any atom is -0.338 e. The van der Waals surface area contributed by atoms with Gasteiger partial charge < -0.3 is 15.1 Å². The molecule has 30 heavy (non-hydrogen) atoms. The lowest BCUT2D eigenvalue weighted by molar-refractivity contribution is -0.128. The predicted octanol–water partition coefficient (Wildman–Crippen LogP) is 3.67. The van der Waals surface area contributed by atoms with Crippen molar-refractivity contribution in [3.63, 3.8) is 0 Å². The first-order chi connectivity index (χ1) is 14.6. The van der Waals surface area contributed by atoms with E-state index in [2.05, 4.69) is 5.32 Å². The fourth-order valence-electron chi connectivity index (χ4n) is 3.85.